The fourth-order valence-corrected chi connectivity index (χ4v) is 7.01. The lowest BCUT2D eigenvalue weighted by Crippen LogP contribution is -2.45. The van der Waals surface area contributed by atoms with Crippen LogP contribution >= 0.6 is 7.82 Å². The van der Waals surface area contributed by atoms with Gasteiger partial charge in [-0.2, -0.15) is 0 Å². The number of hydrogen-bond donors (Lipinski definition) is 4. The molecule has 348 valence electrons. The maximum Gasteiger partial charge on any atom is 0.472 e. The lowest BCUT2D eigenvalue weighted by atomic mass is 10.0. The summed E-state index contributed by atoms with van der Waals surface area (Å²) >= 11 is 0. The van der Waals surface area contributed by atoms with E-state index in [1.165, 1.54) is 83.5 Å². The number of rotatable bonds is 43. The molecule has 3 unspecified atom stereocenters. The van der Waals surface area contributed by atoms with Crippen LogP contribution in [0.25, 0.3) is 0 Å². The fourth-order valence-electron chi connectivity index (χ4n) is 6.25. The molecule has 0 saturated carbocycles. The molecule has 0 aliphatic carbocycles. The number of nitrogens with one attached hydrogen (secondary N) is 1. The van der Waals surface area contributed by atoms with Gasteiger partial charge in [0.1, 0.15) is 0 Å². The third kappa shape index (κ3) is 45.0. The Morgan fingerprint density at radius 3 is 1.46 bits per heavy atom. The van der Waals surface area contributed by atoms with E-state index in [1.54, 1.807) is 6.08 Å². The van der Waals surface area contributed by atoms with Crippen molar-refractivity contribution in [2.45, 2.75) is 193 Å². The van der Waals surface area contributed by atoms with Gasteiger partial charge in [0, 0.05) is 13.0 Å². The van der Waals surface area contributed by atoms with Gasteiger partial charge in [0.25, 0.3) is 0 Å². The van der Waals surface area contributed by atoms with Crippen molar-refractivity contribution in [2.24, 2.45) is 5.73 Å². The van der Waals surface area contributed by atoms with E-state index in [9.17, 15) is 19.4 Å². The minimum atomic E-state index is -4.38. The molecule has 8 nitrogen and oxygen atoms in total. The molecule has 0 radical (unpaired) electrons. The summed E-state index contributed by atoms with van der Waals surface area (Å²) in [6, 6.07) is -0.916. The Kier molecular flexibility index (Phi) is 44.5. The molecule has 0 aromatic heterocycles. The van der Waals surface area contributed by atoms with E-state index in [1.807, 2.05) is 6.08 Å². The zero-order chi connectivity index (χ0) is 44.6. The van der Waals surface area contributed by atoms with Gasteiger partial charge in [0.15, 0.2) is 0 Å². The number of nitrogens with two attached hydrogens (primary N) is 1. The summed E-state index contributed by atoms with van der Waals surface area (Å²) in [6.45, 7) is 3.94. The number of unbranched alkanes of at least 4 members (excludes halogenated alkanes) is 15. The van der Waals surface area contributed by atoms with Crippen LogP contribution in [0.2, 0.25) is 0 Å². The van der Waals surface area contributed by atoms with Crippen LogP contribution in [0.1, 0.15) is 181 Å². The molecule has 0 heterocycles. The first-order chi connectivity index (χ1) is 29.9. The van der Waals surface area contributed by atoms with E-state index in [0.717, 1.165) is 70.6 Å². The van der Waals surface area contributed by atoms with Crippen LogP contribution < -0.4 is 11.1 Å². The number of amides is 1. The van der Waals surface area contributed by atoms with E-state index in [2.05, 4.69) is 116 Å². The Hall–Kier alpha value is -2.84. The van der Waals surface area contributed by atoms with Gasteiger partial charge in [-0.05, 0) is 83.5 Å². The molecule has 0 spiro atoms. The van der Waals surface area contributed by atoms with Crippen molar-refractivity contribution in [3.63, 3.8) is 0 Å². The third-order valence-corrected chi connectivity index (χ3v) is 10.8. The molecule has 9 heteroatoms. The van der Waals surface area contributed by atoms with E-state index in [4.69, 9.17) is 14.8 Å². The number of carbonyl (C=O) groups excluding carboxylic acids is 1. The minimum Gasteiger partial charge on any atom is -0.387 e. The van der Waals surface area contributed by atoms with Crippen molar-refractivity contribution in [1.82, 2.24) is 5.32 Å². The molecule has 61 heavy (non-hydrogen) atoms. The molecule has 0 saturated heterocycles. The molecule has 0 bridgehead atoms. The second-order valence-electron chi connectivity index (χ2n) is 15.6. The summed E-state index contributed by atoms with van der Waals surface area (Å²) in [6.07, 6.45) is 65.8. The number of allylic oxidation sites excluding steroid dienone is 17. The van der Waals surface area contributed by atoms with Crippen molar-refractivity contribution >= 4 is 13.7 Å². The van der Waals surface area contributed by atoms with Crippen molar-refractivity contribution in [2.75, 3.05) is 19.8 Å². The molecule has 1 amide bonds. The van der Waals surface area contributed by atoms with E-state index < -0.39 is 20.0 Å². The molecule has 0 aromatic rings. The molecule has 3 atom stereocenters. The van der Waals surface area contributed by atoms with Crippen LogP contribution in [0.4, 0.5) is 0 Å². The number of aliphatic hydroxyl groups is 1. The topological polar surface area (TPSA) is 131 Å². The maximum absolute atomic E-state index is 12.8. The van der Waals surface area contributed by atoms with E-state index in [0.29, 0.717) is 6.42 Å². The second kappa shape index (κ2) is 46.7. The van der Waals surface area contributed by atoms with Gasteiger partial charge in [-0.25, -0.2) is 4.57 Å². The van der Waals surface area contributed by atoms with Gasteiger partial charge in [-0.15, -0.1) is 0 Å². The summed E-state index contributed by atoms with van der Waals surface area (Å²) in [5, 5.41) is 13.6. The first-order valence-electron chi connectivity index (χ1n) is 24.0. The van der Waals surface area contributed by atoms with Crippen LogP contribution in [0, 0.1) is 0 Å². The summed E-state index contributed by atoms with van der Waals surface area (Å²) in [4.78, 5) is 22.7. The predicted octanol–water partition coefficient (Wildman–Crippen LogP) is 14.1. The number of phosphoric acid groups is 1. The highest BCUT2D eigenvalue weighted by atomic mass is 31.2. The van der Waals surface area contributed by atoms with E-state index >= 15 is 0 Å². The fraction of sp³-hybridized carbons (Fsp3) is 0.635. The SMILES string of the molecule is CC/C=C\C/C=C\C/C=C\C/C=C\C/C=C\C/C=C\C/C=C\CCCC(=O)NC(COP(=O)(O)OCCN)C(O)/C=C/CC/C=C/CCCCCCCCCCCCCCC. The molecule has 0 fully saturated rings. The van der Waals surface area contributed by atoms with Crippen molar-refractivity contribution in [1.29, 1.82) is 0 Å². The Morgan fingerprint density at radius 2 is 0.967 bits per heavy atom. The Labute approximate surface area is 374 Å². The number of carbonyl (C=O) groups is 1. The standard InChI is InChI=1S/C52H89N2O6P/c1-3-5-7-9-11-13-15-17-19-21-23-24-25-26-28-30-32-34-36-38-40-42-44-46-52(56)54-50(49-60-61(57,58)59-48-47-53)51(55)45-43-41-39-37-35-33-31-29-27-22-20-18-16-14-12-10-8-6-4-2/h5,7,11,13,17,19,23-24,26,28,32,34-35,37-38,40,43,45,50-51,55H,3-4,6,8-10,12,14-16,18,20-22,25,27,29-31,33,36,39,41-42,44,46-49,53H2,1-2H3,(H,54,56)(H,57,58)/b7-5-,13-11-,19-17-,24-23-,28-26-,34-32-,37-35+,40-38-,45-43+. The van der Waals surface area contributed by atoms with Gasteiger partial charge in [-0.3, -0.25) is 13.8 Å². The van der Waals surface area contributed by atoms with Crippen LogP contribution in [-0.4, -0.2) is 47.8 Å². The highest BCUT2D eigenvalue weighted by Gasteiger charge is 2.26. The molecule has 0 aromatic carbocycles. The molecular formula is C52H89N2O6P. The predicted molar refractivity (Wildman–Crippen MR) is 262 cm³/mol. The highest BCUT2D eigenvalue weighted by molar-refractivity contribution is 7.47. The average molecular weight is 869 g/mol. The minimum absolute atomic E-state index is 0.0587. The van der Waals surface area contributed by atoms with Crippen LogP contribution in [0.15, 0.2) is 109 Å². The van der Waals surface area contributed by atoms with Gasteiger partial charge in [0.2, 0.25) is 5.91 Å². The van der Waals surface area contributed by atoms with Crippen molar-refractivity contribution < 1.29 is 28.4 Å². The van der Waals surface area contributed by atoms with Crippen molar-refractivity contribution in [3.8, 4) is 0 Å². The number of phosphoric ester groups is 1. The zero-order valence-electron chi connectivity index (χ0n) is 38.6. The van der Waals surface area contributed by atoms with Crippen LogP contribution in [-0.2, 0) is 18.4 Å². The van der Waals surface area contributed by atoms with Crippen LogP contribution in [0.3, 0.4) is 0 Å². The quantitative estimate of drug-likeness (QED) is 0.0273. The summed E-state index contributed by atoms with van der Waals surface area (Å²) < 4.78 is 22.1. The molecule has 0 aliphatic rings. The lowest BCUT2D eigenvalue weighted by molar-refractivity contribution is -0.122. The molecule has 0 aliphatic heterocycles. The first-order valence-corrected chi connectivity index (χ1v) is 25.5. The highest BCUT2D eigenvalue weighted by Crippen LogP contribution is 2.43. The summed E-state index contributed by atoms with van der Waals surface area (Å²) in [5.41, 5.74) is 5.38. The molecule has 0 rings (SSSR count). The van der Waals surface area contributed by atoms with Crippen LogP contribution in [0.5, 0.6) is 0 Å². The Morgan fingerprint density at radius 1 is 0.557 bits per heavy atom. The Bertz CT molecular complexity index is 1310. The van der Waals surface area contributed by atoms with Gasteiger partial charge < -0.3 is 21.1 Å². The van der Waals surface area contributed by atoms with Gasteiger partial charge in [-0.1, -0.05) is 200 Å². The van der Waals surface area contributed by atoms with Crippen molar-refractivity contribution in [3.05, 3.63) is 109 Å². The summed E-state index contributed by atoms with van der Waals surface area (Å²) in [5.74, 6) is -0.266. The Balaban J connectivity index is 4.35. The lowest BCUT2D eigenvalue weighted by Gasteiger charge is -2.23. The second-order valence-corrected chi connectivity index (χ2v) is 17.0. The van der Waals surface area contributed by atoms with Gasteiger partial charge >= 0.3 is 7.82 Å². The monoisotopic (exact) mass is 869 g/mol. The zero-order valence-corrected chi connectivity index (χ0v) is 39.5. The first kappa shape index (κ1) is 58.2. The smallest absolute Gasteiger partial charge is 0.387 e. The average Bonchev–Trinajstić information content (AvgIpc) is 3.25. The summed E-state index contributed by atoms with van der Waals surface area (Å²) in [7, 11) is -4.38. The maximum atomic E-state index is 12.8. The third-order valence-electron chi connectivity index (χ3n) is 9.83. The molecule has 5 N–H and O–H groups in total. The largest absolute Gasteiger partial charge is 0.472 e. The number of hydrogen-bond acceptors (Lipinski definition) is 6. The normalized spacial score (nSPS) is 14.9. The van der Waals surface area contributed by atoms with Gasteiger partial charge in [0.05, 0.1) is 25.4 Å². The molecular weight excluding hydrogens is 780 g/mol. The van der Waals surface area contributed by atoms with E-state index in [-0.39, 0.29) is 32.1 Å². The number of aliphatic hydroxyl groups excluding tert-OH is 1.